The number of aliphatic hydroxyl groups is 1. The van der Waals surface area contributed by atoms with Crippen molar-refractivity contribution in [2.75, 3.05) is 65.6 Å². The molecule has 2 heterocycles. The van der Waals surface area contributed by atoms with Gasteiger partial charge >= 0.3 is 0 Å². The second-order valence-electron chi connectivity index (χ2n) is 8.59. The van der Waals surface area contributed by atoms with E-state index in [-0.39, 0.29) is 6.10 Å². The van der Waals surface area contributed by atoms with Crippen molar-refractivity contribution in [3.8, 4) is 0 Å². The molecule has 2 aliphatic heterocycles. The molecule has 0 spiro atoms. The number of morpholine rings is 1. The molecule has 5 nitrogen and oxygen atoms in total. The van der Waals surface area contributed by atoms with Gasteiger partial charge in [0.25, 0.3) is 0 Å². The highest BCUT2D eigenvalue weighted by Crippen LogP contribution is 2.18. The number of ether oxygens (including phenoxy) is 1. The van der Waals surface area contributed by atoms with E-state index in [0.29, 0.717) is 6.04 Å². The molecule has 2 aromatic rings. The average molecular weight is 399 g/mol. The van der Waals surface area contributed by atoms with Crippen LogP contribution in [-0.2, 0) is 4.74 Å². The third-order valence-corrected chi connectivity index (χ3v) is 6.52. The molecule has 29 heavy (non-hydrogen) atoms. The number of piperazine rings is 1. The number of quaternary nitrogens is 3. The Balaban J connectivity index is 1.34. The second-order valence-corrected chi connectivity index (χ2v) is 8.59. The molecule has 2 fully saturated rings. The van der Waals surface area contributed by atoms with Gasteiger partial charge in [-0.05, 0) is 0 Å². The summed E-state index contributed by atoms with van der Waals surface area (Å²) >= 11 is 0. The molecule has 0 bridgehead atoms. The summed E-state index contributed by atoms with van der Waals surface area (Å²) in [7, 11) is 0. The van der Waals surface area contributed by atoms with Crippen LogP contribution >= 0.6 is 0 Å². The summed E-state index contributed by atoms with van der Waals surface area (Å²) < 4.78 is 5.43. The minimum absolute atomic E-state index is 0.210. The van der Waals surface area contributed by atoms with Gasteiger partial charge in [0, 0.05) is 11.1 Å². The Morgan fingerprint density at radius 3 is 1.69 bits per heavy atom. The van der Waals surface area contributed by atoms with Gasteiger partial charge in [-0.25, -0.2) is 0 Å². The molecule has 0 aliphatic carbocycles. The van der Waals surface area contributed by atoms with E-state index < -0.39 is 0 Å². The van der Waals surface area contributed by atoms with Gasteiger partial charge in [0.2, 0.25) is 0 Å². The van der Waals surface area contributed by atoms with Gasteiger partial charge in [0.05, 0.1) is 13.2 Å². The van der Waals surface area contributed by atoms with Crippen molar-refractivity contribution >= 4 is 0 Å². The molecule has 0 saturated carbocycles. The van der Waals surface area contributed by atoms with Crippen molar-refractivity contribution in [1.29, 1.82) is 0 Å². The zero-order valence-corrected chi connectivity index (χ0v) is 17.4. The predicted molar refractivity (Wildman–Crippen MR) is 113 cm³/mol. The number of rotatable bonds is 7. The lowest BCUT2D eigenvalue weighted by Crippen LogP contribution is -3.29. The molecule has 5 heteroatoms. The number of hydrogen-bond acceptors (Lipinski definition) is 2. The summed E-state index contributed by atoms with van der Waals surface area (Å²) in [6.45, 7) is 9.98. The monoisotopic (exact) mass is 398 g/mol. The van der Waals surface area contributed by atoms with E-state index >= 15 is 0 Å². The molecule has 2 aromatic carbocycles. The van der Waals surface area contributed by atoms with E-state index in [9.17, 15) is 5.11 Å². The van der Waals surface area contributed by atoms with Crippen molar-refractivity contribution in [2.24, 2.45) is 0 Å². The third kappa shape index (κ3) is 5.65. The molecule has 4 N–H and O–H groups in total. The lowest BCUT2D eigenvalue weighted by Gasteiger charge is -2.36. The normalized spacial score (nSPS) is 24.5. The highest BCUT2D eigenvalue weighted by atomic mass is 16.5. The Morgan fingerprint density at radius 2 is 1.17 bits per heavy atom. The Bertz CT molecular complexity index is 674. The van der Waals surface area contributed by atoms with Crippen LogP contribution in [0.1, 0.15) is 17.2 Å². The highest BCUT2D eigenvalue weighted by molar-refractivity contribution is 5.29. The molecule has 0 radical (unpaired) electrons. The summed E-state index contributed by atoms with van der Waals surface area (Å²) in [5.41, 5.74) is 2.79. The van der Waals surface area contributed by atoms with Crippen molar-refractivity contribution in [3.05, 3.63) is 71.8 Å². The quantitative estimate of drug-likeness (QED) is 0.429. The van der Waals surface area contributed by atoms with Crippen molar-refractivity contribution < 1.29 is 24.5 Å². The zero-order chi connectivity index (χ0) is 19.9. The van der Waals surface area contributed by atoms with Gasteiger partial charge in [-0.3, -0.25) is 0 Å². The molecule has 0 amide bonds. The standard InChI is InChI=1S/C24H33N3O2/c28-23(20-26-15-17-29-18-16-26)19-25-11-13-27(14-12-25)24(21-7-3-1-4-8-21)22-9-5-2-6-10-22/h1-10,23-24,28H,11-20H2/p+3/t23-/m0/s1. The molecule has 0 aromatic heterocycles. The topological polar surface area (TPSA) is 42.8 Å². The van der Waals surface area contributed by atoms with Gasteiger partial charge in [-0.1, -0.05) is 60.7 Å². The molecule has 1 atom stereocenters. The van der Waals surface area contributed by atoms with Crippen LogP contribution < -0.4 is 14.7 Å². The third-order valence-electron chi connectivity index (χ3n) is 6.52. The van der Waals surface area contributed by atoms with Crippen LogP contribution in [0.15, 0.2) is 60.7 Å². The molecular weight excluding hydrogens is 362 g/mol. The first kappa shape index (κ1) is 20.5. The summed E-state index contributed by atoms with van der Waals surface area (Å²) in [4.78, 5) is 4.67. The fourth-order valence-electron chi connectivity index (χ4n) is 4.98. The van der Waals surface area contributed by atoms with Gasteiger partial charge in [0.15, 0.2) is 6.10 Å². The van der Waals surface area contributed by atoms with Gasteiger partial charge in [0.1, 0.15) is 58.4 Å². The highest BCUT2D eigenvalue weighted by Gasteiger charge is 2.33. The Hall–Kier alpha value is -1.76. The van der Waals surface area contributed by atoms with Crippen LogP contribution in [0.3, 0.4) is 0 Å². The van der Waals surface area contributed by atoms with Crippen molar-refractivity contribution in [2.45, 2.75) is 12.1 Å². The average Bonchev–Trinajstić information content (AvgIpc) is 2.77. The first-order valence-corrected chi connectivity index (χ1v) is 11.2. The first-order valence-electron chi connectivity index (χ1n) is 11.2. The van der Waals surface area contributed by atoms with Crippen LogP contribution in [0.4, 0.5) is 0 Å². The lowest BCUT2D eigenvalue weighted by atomic mass is 9.96. The minimum atomic E-state index is -0.210. The zero-order valence-electron chi connectivity index (χ0n) is 17.4. The fraction of sp³-hybridized carbons (Fsp3) is 0.500. The Kier molecular flexibility index (Phi) is 7.30. The Morgan fingerprint density at radius 1 is 0.690 bits per heavy atom. The van der Waals surface area contributed by atoms with Gasteiger partial charge in [-0.2, -0.15) is 0 Å². The first-order chi connectivity index (χ1) is 14.3. The van der Waals surface area contributed by atoms with Gasteiger partial charge in [-0.15, -0.1) is 0 Å². The predicted octanol–water partition coefficient (Wildman–Crippen LogP) is -2.16. The maximum atomic E-state index is 10.6. The summed E-state index contributed by atoms with van der Waals surface area (Å²) in [5, 5.41) is 10.6. The number of nitrogens with one attached hydrogen (secondary N) is 3. The van der Waals surface area contributed by atoms with Crippen LogP contribution in [0.2, 0.25) is 0 Å². The second kappa shape index (κ2) is 10.3. The summed E-state index contributed by atoms with van der Waals surface area (Å²) in [6.07, 6.45) is -0.210. The SMILES string of the molecule is O[C@H](C[NH+]1CCOCC1)C[NH+]1CC[NH+](C(c2ccccc2)c2ccccc2)CC1. The summed E-state index contributed by atoms with van der Waals surface area (Å²) in [5.74, 6) is 0. The molecule has 0 unspecified atom stereocenters. The van der Waals surface area contributed by atoms with Crippen LogP contribution in [-0.4, -0.2) is 76.8 Å². The van der Waals surface area contributed by atoms with Crippen molar-refractivity contribution in [1.82, 2.24) is 0 Å². The van der Waals surface area contributed by atoms with E-state index in [1.54, 1.807) is 9.80 Å². The molecule has 2 aliphatic rings. The molecule has 4 rings (SSSR count). The maximum absolute atomic E-state index is 10.6. The smallest absolute Gasteiger partial charge is 0.152 e. The number of benzene rings is 2. The molecule has 156 valence electrons. The van der Waals surface area contributed by atoms with Crippen LogP contribution in [0.25, 0.3) is 0 Å². The number of aliphatic hydroxyl groups excluding tert-OH is 1. The Labute approximate surface area is 174 Å². The molecular formula is C24H36N3O2+3. The largest absolute Gasteiger partial charge is 0.382 e. The van der Waals surface area contributed by atoms with E-state index in [0.717, 1.165) is 65.6 Å². The van der Waals surface area contributed by atoms with E-state index in [4.69, 9.17) is 4.74 Å². The minimum Gasteiger partial charge on any atom is -0.382 e. The molecule has 2 saturated heterocycles. The van der Waals surface area contributed by atoms with Crippen molar-refractivity contribution in [3.63, 3.8) is 0 Å². The summed E-state index contributed by atoms with van der Waals surface area (Å²) in [6, 6.07) is 22.2. The maximum Gasteiger partial charge on any atom is 0.152 e. The van der Waals surface area contributed by atoms with E-state index in [1.165, 1.54) is 16.0 Å². The number of hydrogen-bond donors (Lipinski definition) is 4. The van der Waals surface area contributed by atoms with E-state index in [1.807, 2.05) is 0 Å². The van der Waals surface area contributed by atoms with Crippen LogP contribution in [0, 0.1) is 0 Å². The van der Waals surface area contributed by atoms with E-state index in [2.05, 4.69) is 60.7 Å². The fourth-order valence-corrected chi connectivity index (χ4v) is 4.98. The van der Waals surface area contributed by atoms with Crippen LogP contribution in [0.5, 0.6) is 0 Å². The van der Waals surface area contributed by atoms with Gasteiger partial charge < -0.3 is 24.5 Å². The lowest BCUT2D eigenvalue weighted by molar-refractivity contribution is -1.03.